The highest BCUT2D eigenvalue weighted by Gasteiger charge is 2.09. The van der Waals surface area contributed by atoms with Crippen LogP contribution >= 0.6 is 0 Å². The fourth-order valence-corrected chi connectivity index (χ4v) is 0.853. The van der Waals surface area contributed by atoms with Crippen LogP contribution in [0.25, 0.3) is 0 Å². The van der Waals surface area contributed by atoms with Gasteiger partial charge in [-0.2, -0.15) is 0 Å². The van der Waals surface area contributed by atoms with Gasteiger partial charge in [0.2, 0.25) is 5.76 Å². The summed E-state index contributed by atoms with van der Waals surface area (Å²) in [4.78, 5) is 14.2. The number of hydrogen-bond acceptors (Lipinski definition) is 3. The second-order valence-corrected chi connectivity index (χ2v) is 2.53. The number of oxazole rings is 1. The summed E-state index contributed by atoms with van der Waals surface area (Å²) in [5.74, 6) is -0.638. The van der Waals surface area contributed by atoms with Crippen molar-refractivity contribution in [3.63, 3.8) is 0 Å². The first-order valence-electron chi connectivity index (χ1n) is 3.92. The topological polar surface area (TPSA) is 63.3 Å². The van der Waals surface area contributed by atoms with E-state index in [2.05, 4.69) is 11.9 Å². The molecule has 0 saturated carbocycles. The number of carboxylic acids is 1. The highest BCUT2D eigenvalue weighted by atomic mass is 16.4. The Balaban J connectivity index is 2.58. The number of nitrogens with zero attached hydrogens (tertiary/aromatic N) is 1. The fraction of sp³-hybridized carbons (Fsp3) is 0.500. The Kier molecular flexibility index (Phi) is 2.85. The molecule has 1 aromatic heterocycles. The molecule has 0 unspecified atom stereocenters. The molecule has 0 aliphatic carbocycles. The average molecular weight is 169 g/mol. The van der Waals surface area contributed by atoms with Gasteiger partial charge in [0.05, 0.1) is 6.20 Å². The van der Waals surface area contributed by atoms with Gasteiger partial charge in [-0.05, 0) is 6.42 Å². The van der Waals surface area contributed by atoms with E-state index in [0.717, 1.165) is 12.8 Å². The monoisotopic (exact) mass is 169 g/mol. The molecular formula is C8H11NO3. The summed E-state index contributed by atoms with van der Waals surface area (Å²) >= 11 is 0. The van der Waals surface area contributed by atoms with Crippen LogP contribution in [0.2, 0.25) is 0 Å². The Bertz CT molecular complexity index is 267. The molecular weight excluding hydrogens is 158 g/mol. The van der Waals surface area contributed by atoms with Crippen molar-refractivity contribution in [3.05, 3.63) is 17.8 Å². The number of carboxylic acid groups (broad SMARTS) is 1. The lowest BCUT2D eigenvalue weighted by Crippen LogP contribution is -1.91. The maximum atomic E-state index is 10.4. The Morgan fingerprint density at radius 3 is 3.00 bits per heavy atom. The highest BCUT2D eigenvalue weighted by molar-refractivity contribution is 5.83. The standard InChI is InChI=1S/C8H11NO3/c1-2-3-4-7-9-5-6(12-7)8(10)11/h5H,2-4H2,1H3,(H,10,11). The zero-order valence-corrected chi connectivity index (χ0v) is 6.91. The van der Waals surface area contributed by atoms with Gasteiger partial charge < -0.3 is 9.52 Å². The van der Waals surface area contributed by atoms with Crippen molar-refractivity contribution >= 4 is 5.97 Å². The molecule has 1 rings (SSSR count). The lowest BCUT2D eigenvalue weighted by atomic mass is 10.2. The van der Waals surface area contributed by atoms with E-state index >= 15 is 0 Å². The zero-order valence-electron chi connectivity index (χ0n) is 6.91. The summed E-state index contributed by atoms with van der Waals surface area (Å²) in [5, 5.41) is 8.49. The number of aryl methyl sites for hydroxylation is 1. The molecule has 0 spiro atoms. The molecule has 1 aromatic rings. The highest BCUT2D eigenvalue weighted by Crippen LogP contribution is 2.06. The van der Waals surface area contributed by atoms with E-state index in [0.29, 0.717) is 12.3 Å². The maximum Gasteiger partial charge on any atom is 0.373 e. The molecule has 0 aliphatic rings. The number of aromatic nitrogens is 1. The van der Waals surface area contributed by atoms with Gasteiger partial charge in [-0.25, -0.2) is 9.78 Å². The molecule has 1 heterocycles. The van der Waals surface area contributed by atoms with Crippen molar-refractivity contribution in [2.45, 2.75) is 26.2 Å². The summed E-state index contributed by atoms with van der Waals surface area (Å²) in [6.07, 6.45) is 3.97. The predicted molar refractivity (Wildman–Crippen MR) is 42.1 cm³/mol. The third-order valence-electron chi connectivity index (χ3n) is 1.51. The molecule has 0 aliphatic heterocycles. The molecule has 0 aromatic carbocycles. The van der Waals surface area contributed by atoms with Crippen molar-refractivity contribution in [3.8, 4) is 0 Å². The lowest BCUT2D eigenvalue weighted by Gasteiger charge is -1.90. The summed E-state index contributed by atoms with van der Waals surface area (Å²) in [7, 11) is 0. The molecule has 12 heavy (non-hydrogen) atoms. The molecule has 1 N–H and O–H groups in total. The first-order chi connectivity index (χ1) is 5.74. The zero-order chi connectivity index (χ0) is 8.97. The lowest BCUT2D eigenvalue weighted by molar-refractivity contribution is 0.0660. The summed E-state index contributed by atoms with van der Waals surface area (Å²) in [5.41, 5.74) is 0. The minimum atomic E-state index is -1.06. The third-order valence-corrected chi connectivity index (χ3v) is 1.51. The largest absolute Gasteiger partial charge is 0.475 e. The molecule has 4 heteroatoms. The summed E-state index contributed by atoms with van der Waals surface area (Å²) < 4.78 is 4.94. The van der Waals surface area contributed by atoms with Crippen molar-refractivity contribution in [1.29, 1.82) is 0 Å². The van der Waals surface area contributed by atoms with Crippen LogP contribution in [-0.2, 0) is 6.42 Å². The van der Waals surface area contributed by atoms with Crippen LogP contribution < -0.4 is 0 Å². The molecule has 0 fully saturated rings. The molecule has 0 saturated heterocycles. The second kappa shape index (κ2) is 3.90. The number of rotatable bonds is 4. The van der Waals surface area contributed by atoms with Crippen LogP contribution in [0.15, 0.2) is 10.6 Å². The Morgan fingerprint density at radius 1 is 1.75 bits per heavy atom. The van der Waals surface area contributed by atoms with E-state index in [-0.39, 0.29) is 5.76 Å². The van der Waals surface area contributed by atoms with Crippen LogP contribution in [0.4, 0.5) is 0 Å². The summed E-state index contributed by atoms with van der Waals surface area (Å²) in [6, 6.07) is 0. The molecule has 0 amide bonds. The first kappa shape index (κ1) is 8.77. The van der Waals surface area contributed by atoms with Crippen LogP contribution in [0.1, 0.15) is 36.2 Å². The van der Waals surface area contributed by atoms with Gasteiger partial charge in [0.25, 0.3) is 0 Å². The van der Waals surface area contributed by atoms with Gasteiger partial charge in [0.1, 0.15) is 0 Å². The van der Waals surface area contributed by atoms with Crippen molar-refractivity contribution in [2.75, 3.05) is 0 Å². The van der Waals surface area contributed by atoms with Gasteiger partial charge in [-0.1, -0.05) is 13.3 Å². The van der Waals surface area contributed by atoms with E-state index < -0.39 is 5.97 Å². The molecule has 0 atom stereocenters. The van der Waals surface area contributed by atoms with E-state index in [9.17, 15) is 4.79 Å². The Labute approximate surface area is 70.2 Å². The van der Waals surface area contributed by atoms with E-state index in [1.165, 1.54) is 6.20 Å². The van der Waals surface area contributed by atoms with Crippen LogP contribution in [-0.4, -0.2) is 16.1 Å². The maximum absolute atomic E-state index is 10.4. The second-order valence-electron chi connectivity index (χ2n) is 2.53. The number of aromatic carboxylic acids is 1. The molecule has 4 nitrogen and oxygen atoms in total. The quantitative estimate of drug-likeness (QED) is 0.745. The molecule has 66 valence electrons. The smallest absolute Gasteiger partial charge is 0.373 e. The minimum absolute atomic E-state index is 0.0823. The first-order valence-corrected chi connectivity index (χ1v) is 3.92. The van der Waals surface area contributed by atoms with Crippen LogP contribution in [0.5, 0.6) is 0 Å². The van der Waals surface area contributed by atoms with E-state index in [1.54, 1.807) is 0 Å². The van der Waals surface area contributed by atoms with Gasteiger partial charge in [0, 0.05) is 6.42 Å². The van der Waals surface area contributed by atoms with Crippen molar-refractivity contribution < 1.29 is 14.3 Å². The van der Waals surface area contributed by atoms with Crippen LogP contribution in [0.3, 0.4) is 0 Å². The Morgan fingerprint density at radius 2 is 2.50 bits per heavy atom. The van der Waals surface area contributed by atoms with Crippen molar-refractivity contribution in [1.82, 2.24) is 4.98 Å². The minimum Gasteiger partial charge on any atom is -0.475 e. The summed E-state index contributed by atoms with van der Waals surface area (Å²) in [6.45, 7) is 2.06. The van der Waals surface area contributed by atoms with E-state index in [1.807, 2.05) is 0 Å². The average Bonchev–Trinajstić information content (AvgIpc) is 2.48. The van der Waals surface area contributed by atoms with Gasteiger partial charge in [-0.3, -0.25) is 0 Å². The van der Waals surface area contributed by atoms with Crippen LogP contribution in [0, 0.1) is 0 Å². The normalized spacial score (nSPS) is 10.1. The van der Waals surface area contributed by atoms with Crippen molar-refractivity contribution in [2.24, 2.45) is 0 Å². The van der Waals surface area contributed by atoms with Gasteiger partial charge in [0.15, 0.2) is 5.89 Å². The predicted octanol–water partition coefficient (Wildman–Crippen LogP) is 1.72. The van der Waals surface area contributed by atoms with Gasteiger partial charge >= 0.3 is 5.97 Å². The Hall–Kier alpha value is -1.32. The number of carbonyl (C=O) groups is 1. The van der Waals surface area contributed by atoms with E-state index in [4.69, 9.17) is 9.52 Å². The van der Waals surface area contributed by atoms with Gasteiger partial charge in [-0.15, -0.1) is 0 Å². The number of unbranched alkanes of at least 4 members (excludes halogenated alkanes) is 1. The third kappa shape index (κ3) is 2.08. The fourth-order valence-electron chi connectivity index (χ4n) is 0.853. The number of hydrogen-bond donors (Lipinski definition) is 1. The molecule has 0 radical (unpaired) electrons. The molecule has 0 bridgehead atoms. The SMILES string of the molecule is CCCCc1ncc(C(=O)O)o1.